The fourth-order valence-electron chi connectivity index (χ4n) is 3.41. The van der Waals surface area contributed by atoms with Gasteiger partial charge in [-0.3, -0.25) is 0 Å². The van der Waals surface area contributed by atoms with Crippen LogP contribution in [0.25, 0.3) is 0 Å². The van der Waals surface area contributed by atoms with Crippen LogP contribution < -0.4 is 0 Å². The van der Waals surface area contributed by atoms with Crippen molar-refractivity contribution >= 4 is 0 Å². The van der Waals surface area contributed by atoms with Crippen molar-refractivity contribution in [3.8, 4) is 0 Å². The Balaban J connectivity index is 2.14. The summed E-state index contributed by atoms with van der Waals surface area (Å²) in [5.41, 5.74) is 0. The van der Waals surface area contributed by atoms with Crippen molar-refractivity contribution in [3.05, 3.63) is 0 Å². The summed E-state index contributed by atoms with van der Waals surface area (Å²) in [6.07, 6.45) is 13.1. The first-order valence-electron chi connectivity index (χ1n) is 8.33. The molecule has 1 fully saturated rings. The summed E-state index contributed by atoms with van der Waals surface area (Å²) in [7, 11) is 0. The molecule has 0 saturated heterocycles. The molecule has 1 N–H and O–H groups in total. The minimum Gasteiger partial charge on any atom is -0.393 e. The van der Waals surface area contributed by atoms with Crippen LogP contribution in [0.5, 0.6) is 0 Å². The molecule has 0 amide bonds. The van der Waals surface area contributed by atoms with Crippen LogP contribution in [0.2, 0.25) is 0 Å². The second-order valence-electron chi connectivity index (χ2n) is 6.76. The second-order valence-corrected chi connectivity index (χ2v) is 6.76. The summed E-state index contributed by atoms with van der Waals surface area (Å²) in [6, 6.07) is 0. The third kappa shape index (κ3) is 5.73. The number of hydrogen-bond donors (Lipinski definition) is 1. The minimum absolute atomic E-state index is 0.0128. The minimum atomic E-state index is 0.0128. The fraction of sp³-hybridized carbons (Fsp3) is 1.00. The van der Waals surface area contributed by atoms with E-state index >= 15 is 0 Å². The van der Waals surface area contributed by atoms with E-state index in [2.05, 4.69) is 20.8 Å². The zero-order valence-electron chi connectivity index (χ0n) is 12.8. The van der Waals surface area contributed by atoms with Crippen molar-refractivity contribution in [2.75, 3.05) is 0 Å². The highest BCUT2D eigenvalue weighted by Crippen LogP contribution is 2.37. The van der Waals surface area contributed by atoms with Gasteiger partial charge < -0.3 is 5.11 Å². The summed E-state index contributed by atoms with van der Waals surface area (Å²) < 4.78 is 0. The highest BCUT2D eigenvalue weighted by atomic mass is 16.3. The number of aliphatic hydroxyl groups excluding tert-OH is 1. The maximum Gasteiger partial charge on any atom is 0.0596 e. The van der Waals surface area contributed by atoms with Crippen LogP contribution in [0.15, 0.2) is 0 Å². The third-order valence-electron chi connectivity index (χ3n) is 4.66. The van der Waals surface area contributed by atoms with E-state index in [0.717, 1.165) is 5.92 Å². The molecule has 1 saturated carbocycles. The molecule has 1 nitrogen and oxygen atoms in total. The standard InChI is InChI=1S/C17H34O/c1-4-5-6-7-10-15-12-13-16(17(15)18)11-8-9-14(2)3/h14-18H,4-13H2,1-3H3. The lowest BCUT2D eigenvalue weighted by atomic mass is 9.91. The van der Waals surface area contributed by atoms with Gasteiger partial charge in [-0.1, -0.05) is 59.3 Å². The van der Waals surface area contributed by atoms with Crippen molar-refractivity contribution in [2.45, 2.75) is 91.1 Å². The number of rotatable bonds is 9. The van der Waals surface area contributed by atoms with Crippen molar-refractivity contribution < 1.29 is 5.11 Å². The lowest BCUT2D eigenvalue weighted by Gasteiger charge is -2.20. The molecule has 0 aromatic carbocycles. The van der Waals surface area contributed by atoms with Crippen molar-refractivity contribution in [3.63, 3.8) is 0 Å². The van der Waals surface area contributed by atoms with Gasteiger partial charge in [0.1, 0.15) is 0 Å². The number of unbranched alkanes of at least 4 members (excludes halogenated alkanes) is 3. The molecular formula is C17H34O. The molecule has 108 valence electrons. The van der Waals surface area contributed by atoms with E-state index in [1.807, 2.05) is 0 Å². The van der Waals surface area contributed by atoms with Crippen LogP contribution >= 0.6 is 0 Å². The van der Waals surface area contributed by atoms with Gasteiger partial charge in [0.05, 0.1) is 6.10 Å². The van der Waals surface area contributed by atoms with Crippen molar-refractivity contribution in [1.82, 2.24) is 0 Å². The van der Waals surface area contributed by atoms with E-state index in [4.69, 9.17) is 0 Å². The molecule has 1 heteroatoms. The monoisotopic (exact) mass is 254 g/mol. The summed E-state index contributed by atoms with van der Waals surface area (Å²) in [6.45, 7) is 6.85. The highest BCUT2D eigenvalue weighted by molar-refractivity contribution is 4.84. The smallest absolute Gasteiger partial charge is 0.0596 e. The molecule has 1 rings (SSSR count). The molecule has 0 aliphatic heterocycles. The zero-order valence-corrected chi connectivity index (χ0v) is 12.8. The van der Waals surface area contributed by atoms with Crippen LogP contribution in [-0.4, -0.2) is 11.2 Å². The molecule has 3 unspecified atom stereocenters. The van der Waals surface area contributed by atoms with Crippen LogP contribution in [0, 0.1) is 17.8 Å². The van der Waals surface area contributed by atoms with Gasteiger partial charge in [0, 0.05) is 0 Å². The Morgan fingerprint density at radius 1 is 0.944 bits per heavy atom. The molecular weight excluding hydrogens is 220 g/mol. The normalized spacial score (nSPS) is 28.2. The van der Waals surface area contributed by atoms with Crippen LogP contribution in [0.4, 0.5) is 0 Å². The van der Waals surface area contributed by atoms with Crippen LogP contribution in [0.1, 0.15) is 85.0 Å². The van der Waals surface area contributed by atoms with E-state index in [1.165, 1.54) is 64.2 Å². The first-order valence-corrected chi connectivity index (χ1v) is 8.33. The molecule has 0 aromatic heterocycles. The number of hydrogen-bond acceptors (Lipinski definition) is 1. The maximum atomic E-state index is 10.4. The zero-order chi connectivity index (χ0) is 13.4. The molecule has 1 aliphatic rings. The van der Waals surface area contributed by atoms with Gasteiger partial charge in [0.15, 0.2) is 0 Å². The van der Waals surface area contributed by atoms with Gasteiger partial charge in [0.25, 0.3) is 0 Å². The number of aliphatic hydroxyl groups is 1. The second kappa shape index (κ2) is 8.96. The van der Waals surface area contributed by atoms with Crippen LogP contribution in [-0.2, 0) is 0 Å². The molecule has 3 atom stereocenters. The Labute approximate surface area is 114 Å². The van der Waals surface area contributed by atoms with Crippen LogP contribution in [0.3, 0.4) is 0 Å². The fourth-order valence-corrected chi connectivity index (χ4v) is 3.41. The first-order chi connectivity index (χ1) is 8.65. The van der Waals surface area contributed by atoms with Gasteiger partial charge in [-0.25, -0.2) is 0 Å². The molecule has 0 aromatic rings. The average molecular weight is 254 g/mol. The predicted octanol–water partition coefficient (Wildman–Crippen LogP) is 5.17. The molecule has 1 aliphatic carbocycles. The lowest BCUT2D eigenvalue weighted by Crippen LogP contribution is -2.21. The lowest BCUT2D eigenvalue weighted by molar-refractivity contribution is 0.0811. The van der Waals surface area contributed by atoms with E-state index in [-0.39, 0.29) is 6.10 Å². The summed E-state index contributed by atoms with van der Waals surface area (Å²) in [5.74, 6) is 2.04. The Kier molecular flexibility index (Phi) is 7.97. The van der Waals surface area contributed by atoms with Gasteiger partial charge >= 0.3 is 0 Å². The first kappa shape index (κ1) is 16.0. The van der Waals surface area contributed by atoms with Gasteiger partial charge in [-0.2, -0.15) is 0 Å². The topological polar surface area (TPSA) is 20.2 Å². The largest absolute Gasteiger partial charge is 0.393 e. The highest BCUT2D eigenvalue weighted by Gasteiger charge is 2.33. The van der Waals surface area contributed by atoms with Gasteiger partial charge in [0.2, 0.25) is 0 Å². The Bertz CT molecular complexity index is 200. The Morgan fingerprint density at radius 2 is 1.56 bits per heavy atom. The van der Waals surface area contributed by atoms with Crippen molar-refractivity contribution in [1.29, 1.82) is 0 Å². The van der Waals surface area contributed by atoms with E-state index < -0.39 is 0 Å². The summed E-state index contributed by atoms with van der Waals surface area (Å²) in [4.78, 5) is 0. The SMILES string of the molecule is CCCCCCC1CCC(CCCC(C)C)C1O. The maximum absolute atomic E-state index is 10.4. The third-order valence-corrected chi connectivity index (χ3v) is 4.66. The Hall–Kier alpha value is -0.0400. The molecule has 0 spiro atoms. The molecule has 0 radical (unpaired) electrons. The molecule has 0 heterocycles. The summed E-state index contributed by atoms with van der Waals surface area (Å²) in [5, 5.41) is 10.4. The van der Waals surface area contributed by atoms with E-state index in [0.29, 0.717) is 11.8 Å². The molecule has 18 heavy (non-hydrogen) atoms. The van der Waals surface area contributed by atoms with E-state index in [9.17, 15) is 5.11 Å². The van der Waals surface area contributed by atoms with Gasteiger partial charge in [-0.05, 0) is 43.4 Å². The quantitative estimate of drug-likeness (QED) is 0.563. The van der Waals surface area contributed by atoms with Gasteiger partial charge in [-0.15, -0.1) is 0 Å². The summed E-state index contributed by atoms with van der Waals surface area (Å²) >= 11 is 0. The average Bonchev–Trinajstić information content (AvgIpc) is 2.67. The molecule has 0 bridgehead atoms. The van der Waals surface area contributed by atoms with E-state index in [1.54, 1.807) is 0 Å². The van der Waals surface area contributed by atoms with Crippen molar-refractivity contribution in [2.24, 2.45) is 17.8 Å². The predicted molar refractivity (Wildman–Crippen MR) is 79.7 cm³/mol. The Morgan fingerprint density at radius 3 is 2.11 bits per heavy atom.